The molecule has 1 amide bonds. The maximum Gasteiger partial charge on any atom is 0.270 e. The molecule has 1 aliphatic heterocycles. The summed E-state index contributed by atoms with van der Waals surface area (Å²) in [5.74, 6) is 1.05. The van der Waals surface area contributed by atoms with Crippen LogP contribution in [0.15, 0.2) is 34.9 Å². The van der Waals surface area contributed by atoms with E-state index in [4.69, 9.17) is 27.7 Å². The molecule has 0 unspecified atom stereocenters. The normalized spacial score (nSPS) is 15.2. The van der Waals surface area contributed by atoms with Crippen LogP contribution in [0.5, 0.6) is 0 Å². The lowest BCUT2D eigenvalue weighted by Gasteiger charge is -2.33. The lowest BCUT2D eigenvalue weighted by molar-refractivity contribution is 0.0610. The zero-order valence-electron chi connectivity index (χ0n) is 15.3. The molecule has 3 heterocycles. The lowest BCUT2D eigenvalue weighted by atomic mass is 10.1. The predicted octanol–water partition coefficient (Wildman–Crippen LogP) is 3.64. The van der Waals surface area contributed by atoms with Gasteiger partial charge in [-0.25, -0.2) is 0 Å². The number of carbonyl (C=O) groups is 1. The monoisotopic (exact) mass is 419 g/mol. The number of nitrogens with zero attached hydrogens (tertiary/aromatic N) is 4. The van der Waals surface area contributed by atoms with Crippen molar-refractivity contribution in [2.75, 3.05) is 26.2 Å². The molecular formula is C19H19Cl2N5O2. The number of carbonyl (C=O) groups excluding carboxylic acids is 1. The molecule has 1 N–H and O–H groups in total. The number of benzene rings is 1. The second-order valence-electron chi connectivity index (χ2n) is 6.79. The van der Waals surface area contributed by atoms with E-state index in [2.05, 4.69) is 20.0 Å². The summed E-state index contributed by atoms with van der Waals surface area (Å²) in [6.07, 6.45) is 0. The second kappa shape index (κ2) is 7.95. The minimum Gasteiger partial charge on any atom is -0.340 e. The van der Waals surface area contributed by atoms with E-state index in [9.17, 15) is 4.79 Å². The number of hydrogen-bond acceptors (Lipinski definition) is 5. The molecule has 0 atom stereocenters. The van der Waals surface area contributed by atoms with Crippen molar-refractivity contribution in [1.82, 2.24) is 24.9 Å². The third-order valence-electron chi connectivity index (χ3n) is 4.75. The second-order valence-corrected chi connectivity index (χ2v) is 7.58. The number of amides is 1. The van der Waals surface area contributed by atoms with Gasteiger partial charge in [-0.3, -0.25) is 9.69 Å². The highest BCUT2D eigenvalue weighted by Crippen LogP contribution is 2.23. The SMILES string of the molecule is Cc1ccc(-c2noc(CN3CCN(C(=O)c4cc(Cl)c(Cl)[nH]4)CC3)n2)cc1. The van der Waals surface area contributed by atoms with Gasteiger partial charge in [0, 0.05) is 31.7 Å². The minimum atomic E-state index is -0.104. The average Bonchev–Trinajstić information content (AvgIpc) is 3.29. The van der Waals surface area contributed by atoms with Gasteiger partial charge in [-0.1, -0.05) is 58.2 Å². The number of aryl methyl sites for hydroxylation is 1. The fraction of sp³-hybridized carbons (Fsp3) is 0.316. The molecule has 1 fully saturated rings. The third kappa shape index (κ3) is 4.06. The van der Waals surface area contributed by atoms with Gasteiger partial charge in [-0.05, 0) is 13.0 Å². The molecule has 1 aromatic carbocycles. The Balaban J connectivity index is 1.33. The maximum atomic E-state index is 12.5. The molecule has 2 aromatic heterocycles. The van der Waals surface area contributed by atoms with Crippen molar-refractivity contribution >= 4 is 29.1 Å². The summed E-state index contributed by atoms with van der Waals surface area (Å²) >= 11 is 11.8. The molecule has 1 aliphatic rings. The number of hydrogen-bond donors (Lipinski definition) is 1. The lowest BCUT2D eigenvalue weighted by Crippen LogP contribution is -2.48. The Morgan fingerprint density at radius 3 is 2.54 bits per heavy atom. The van der Waals surface area contributed by atoms with Gasteiger partial charge in [0.15, 0.2) is 0 Å². The van der Waals surface area contributed by atoms with Crippen molar-refractivity contribution in [3.63, 3.8) is 0 Å². The number of aromatic nitrogens is 3. The highest BCUT2D eigenvalue weighted by Gasteiger charge is 2.25. The van der Waals surface area contributed by atoms with E-state index in [1.165, 1.54) is 5.56 Å². The zero-order valence-corrected chi connectivity index (χ0v) is 16.8. The number of H-pyrrole nitrogens is 1. The molecular weight excluding hydrogens is 401 g/mol. The van der Waals surface area contributed by atoms with Crippen LogP contribution in [0.3, 0.4) is 0 Å². The average molecular weight is 420 g/mol. The van der Waals surface area contributed by atoms with E-state index in [1.807, 2.05) is 31.2 Å². The van der Waals surface area contributed by atoms with Crippen LogP contribution in [0, 0.1) is 6.92 Å². The van der Waals surface area contributed by atoms with E-state index in [1.54, 1.807) is 11.0 Å². The number of rotatable bonds is 4. The largest absolute Gasteiger partial charge is 0.340 e. The highest BCUT2D eigenvalue weighted by molar-refractivity contribution is 6.41. The van der Waals surface area contributed by atoms with Crippen LogP contribution in [-0.4, -0.2) is 57.0 Å². The maximum absolute atomic E-state index is 12.5. The fourth-order valence-electron chi connectivity index (χ4n) is 3.13. The summed E-state index contributed by atoms with van der Waals surface area (Å²) in [6.45, 7) is 5.24. The van der Waals surface area contributed by atoms with Crippen LogP contribution in [0.4, 0.5) is 0 Å². The highest BCUT2D eigenvalue weighted by atomic mass is 35.5. The first kappa shape index (κ1) is 19.0. The summed E-state index contributed by atoms with van der Waals surface area (Å²) < 4.78 is 5.39. The first-order valence-electron chi connectivity index (χ1n) is 8.95. The van der Waals surface area contributed by atoms with Crippen LogP contribution in [0.2, 0.25) is 10.2 Å². The van der Waals surface area contributed by atoms with Crippen molar-refractivity contribution < 1.29 is 9.32 Å². The Labute approximate surface area is 172 Å². The fourth-order valence-corrected chi connectivity index (χ4v) is 3.44. The number of piperazine rings is 1. The van der Waals surface area contributed by atoms with Crippen LogP contribution in [0.1, 0.15) is 21.9 Å². The van der Waals surface area contributed by atoms with Crippen LogP contribution >= 0.6 is 23.2 Å². The summed E-state index contributed by atoms with van der Waals surface area (Å²) in [5.41, 5.74) is 2.52. The van der Waals surface area contributed by atoms with Gasteiger partial charge in [0.2, 0.25) is 11.7 Å². The van der Waals surface area contributed by atoms with Gasteiger partial charge in [0.1, 0.15) is 10.8 Å². The molecule has 4 rings (SSSR count). The molecule has 146 valence electrons. The quantitative estimate of drug-likeness (QED) is 0.698. The molecule has 0 aliphatic carbocycles. The number of halogens is 2. The van der Waals surface area contributed by atoms with E-state index >= 15 is 0 Å². The zero-order chi connectivity index (χ0) is 19.7. The van der Waals surface area contributed by atoms with Crippen molar-refractivity contribution in [2.45, 2.75) is 13.5 Å². The Morgan fingerprint density at radius 2 is 1.89 bits per heavy atom. The topological polar surface area (TPSA) is 78.3 Å². The Morgan fingerprint density at radius 1 is 1.18 bits per heavy atom. The Kier molecular flexibility index (Phi) is 5.39. The van der Waals surface area contributed by atoms with Crippen molar-refractivity contribution in [2.24, 2.45) is 0 Å². The van der Waals surface area contributed by atoms with Gasteiger partial charge in [-0.2, -0.15) is 4.98 Å². The van der Waals surface area contributed by atoms with Crippen LogP contribution in [0.25, 0.3) is 11.4 Å². The molecule has 7 nitrogen and oxygen atoms in total. The first-order chi connectivity index (χ1) is 13.5. The van der Waals surface area contributed by atoms with Crippen molar-refractivity contribution in [1.29, 1.82) is 0 Å². The van der Waals surface area contributed by atoms with E-state index in [-0.39, 0.29) is 11.1 Å². The van der Waals surface area contributed by atoms with Crippen molar-refractivity contribution in [3.05, 3.63) is 57.7 Å². The van der Waals surface area contributed by atoms with Gasteiger partial charge < -0.3 is 14.4 Å². The van der Waals surface area contributed by atoms with Crippen LogP contribution in [-0.2, 0) is 6.54 Å². The summed E-state index contributed by atoms with van der Waals surface area (Å²) in [6, 6.07) is 9.56. The molecule has 3 aromatic rings. The molecule has 1 saturated heterocycles. The Bertz CT molecular complexity index is 955. The molecule has 9 heteroatoms. The van der Waals surface area contributed by atoms with Gasteiger partial charge in [0.05, 0.1) is 11.6 Å². The number of nitrogens with one attached hydrogen (secondary N) is 1. The van der Waals surface area contributed by atoms with E-state index in [0.29, 0.717) is 42.1 Å². The van der Waals surface area contributed by atoms with Gasteiger partial charge in [-0.15, -0.1) is 0 Å². The predicted molar refractivity (Wildman–Crippen MR) is 106 cm³/mol. The summed E-state index contributed by atoms with van der Waals surface area (Å²) in [4.78, 5) is 23.8. The molecule has 0 saturated carbocycles. The minimum absolute atomic E-state index is 0.104. The molecule has 0 spiro atoms. The van der Waals surface area contributed by atoms with Crippen LogP contribution < -0.4 is 0 Å². The van der Waals surface area contributed by atoms with Gasteiger partial charge in [0.25, 0.3) is 5.91 Å². The summed E-state index contributed by atoms with van der Waals surface area (Å²) in [5, 5.41) is 4.70. The molecule has 28 heavy (non-hydrogen) atoms. The third-order valence-corrected chi connectivity index (χ3v) is 5.44. The van der Waals surface area contributed by atoms with E-state index in [0.717, 1.165) is 18.7 Å². The number of aromatic amines is 1. The molecule has 0 radical (unpaired) electrons. The first-order valence-corrected chi connectivity index (χ1v) is 9.70. The van der Waals surface area contributed by atoms with E-state index < -0.39 is 0 Å². The van der Waals surface area contributed by atoms with Crippen molar-refractivity contribution in [3.8, 4) is 11.4 Å². The Hall–Kier alpha value is -2.35. The smallest absolute Gasteiger partial charge is 0.270 e. The molecule has 0 bridgehead atoms. The standard InChI is InChI=1S/C19H19Cl2N5O2/c1-12-2-4-13(5-3-12)18-23-16(28-24-18)11-25-6-8-26(9-7-25)19(27)15-10-14(20)17(21)22-15/h2-5,10,22H,6-9,11H2,1H3. The summed E-state index contributed by atoms with van der Waals surface area (Å²) in [7, 11) is 0. The van der Waals surface area contributed by atoms with Gasteiger partial charge >= 0.3 is 0 Å².